The van der Waals surface area contributed by atoms with Crippen molar-refractivity contribution in [2.24, 2.45) is 0 Å². The summed E-state index contributed by atoms with van der Waals surface area (Å²) in [5, 5.41) is 15.8. The largest absolute Gasteiger partial charge is 0.355 e. The van der Waals surface area contributed by atoms with Crippen molar-refractivity contribution in [3.05, 3.63) is 107 Å². The first-order valence-corrected chi connectivity index (χ1v) is 11.4. The Morgan fingerprint density at radius 1 is 0.889 bits per heavy atom. The molecule has 4 aromatic carbocycles. The van der Waals surface area contributed by atoms with Crippen molar-refractivity contribution < 1.29 is 9.72 Å². The van der Waals surface area contributed by atoms with E-state index >= 15 is 0 Å². The van der Waals surface area contributed by atoms with Gasteiger partial charge in [-0.05, 0) is 35.2 Å². The normalized spacial score (nSPS) is 10.8. The molecular weight excluding hydrogens is 456 g/mol. The molecule has 0 aliphatic rings. The number of rotatable bonds is 7. The monoisotopic (exact) mass is 478 g/mol. The molecule has 0 bridgehead atoms. The van der Waals surface area contributed by atoms with Crippen LogP contribution in [0.25, 0.3) is 21.5 Å². The molecule has 0 unspecified atom stereocenters. The zero-order valence-electron chi connectivity index (χ0n) is 19.4. The van der Waals surface area contributed by atoms with Gasteiger partial charge in [0.25, 0.3) is 5.91 Å². The van der Waals surface area contributed by atoms with Crippen molar-refractivity contribution >= 4 is 50.5 Å². The standard InChI is InChI=1S/C27H22N6O3/c1-2-32(23-16-8-12-19-10-4-6-14-21(19)23)26-24(33(35)36)25(28-17-29-26)30-31-27(34)22-15-7-11-18-9-3-5-13-20(18)22/h3-17H,2H2,1H3,(H,31,34)(H,28,29,30). The van der Waals surface area contributed by atoms with Crippen LogP contribution in [0.4, 0.5) is 23.0 Å². The third-order valence-electron chi connectivity index (χ3n) is 5.94. The van der Waals surface area contributed by atoms with Gasteiger partial charge in [-0.2, -0.15) is 0 Å². The lowest BCUT2D eigenvalue weighted by molar-refractivity contribution is -0.383. The molecule has 1 heterocycles. The number of aromatic nitrogens is 2. The van der Waals surface area contributed by atoms with E-state index in [0.29, 0.717) is 12.1 Å². The number of carbonyl (C=O) groups excluding carboxylic acids is 1. The highest BCUT2D eigenvalue weighted by Gasteiger charge is 2.28. The third kappa shape index (κ3) is 4.14. The molecule has 2 N–H and O–H groups in total. The molecule has 5 rings (SSSR count). The molecule has 0 saturated heterocycles. The Kier molecular flexibility index (Phi) is 6.10. The van der Waals surface area contributed by atoms with Crippen LogP contribution in [0.1, 0.15) is 17.3 Å². The smallest absolute Gasteiger partial charge is 0.320 e. The van der Waals surface area contributed by atoms with E-state index in [0.717, 1.165) is 27.2 Å². The topological polar surface area (TPSA) is 113 Å². The lowest BCUT2D eigenvalue weighted by Crippen LogP contribution is -2.31. The number of benzene rings is 4. The zero-order chi connectivity index (χ0) is 25.1. The maximum atomic E-state index is 13.0. The van der Waals surface area contributed by atoms with E-state index in [9.17, 15) is 14.9 Å². The predicted molar refractivity (Wildman–Crippen MR) is 140 cm³/mol. The summed E-state index contributed by atoms with van der Waals surface area (Å²) >= 11 is 0. The molecule has 0 radical (unpaired) electrons. The van der Waals surface area contributed by atoms with Crippen LogP contribution in [0, 0.1) is 10.1 Å². The fourth-order valence-electron chi connectivity index (χ4n) is 4.31. The molecule has 0 saturated carbocycles. The van der Waals surface area contributed by atoms with Gasteiger partial charge in [0.05, 0.1) is 10.6 Å². The predicted octanol–water partition coefficient (Wildman–Crippen LogP) is 5.61. The van der Waals surface area contributed by atoms with E-state index in [4.69, 9.17) is 0 Å². The molecule has 178 valence electrons. The van der Waals surface area contributed by atoms with Gasteiger partial charge in [0.1, 0.15) is 6.33 Å². The second kappa shape index (κ2) is 9.67. The molecule has 1 amide bonds. The van der Waals surface area contributed by atoms with Gasteiger partial charge in [0.15, 0.2) is 0 Å². The Morgan fingerprint density at radius 3 is 2.25 bits per heavy atom. The molecule has 1 aromatic heterocycles. The van der Waals surface area contributed by atoms with E-state index < -0.39 is 10.8 Å². The van der Waals surface area contributed by atoms with Gasteiger partial charge in [-0.15, -0.1) is 0 Å². The van der Waals surface area contributed by atoms with E-state index in [1.165, 1.54) is 6.33 Å². The number of nitrogens with one attached hydrogen (secondary N) is 2. The minimum atomic E-state index is -0.546. The Hall–Kier alpha value is -5.05. The molecule has 0 aliphatic carbocycles. The number of fused-ring (bicyclic) bond motifs is 2. The fraction of sp³-hybridized carbons (Fsp3) is 0.0741. The van der Waals surface area contributed by atoms with Crippen LogP contribution in [0.2, 0.25) is 0 Å². The molecule has 0 spiro atoms. The first-order valence-electron chi connectivity index (χ1n) is 11.4. The third-order valence-corrected chi connectivity index (χ3v) is 5.94. The van der Waals surface area contributed by atoms with E-state index in [-0.39, 0.29) is 17.3 Å². The SMILES string of the molecule is CCN(c1ncnc(NNC(=O)c2cccc3ccccc23)c1[N+](=O)[O-])c1cccc2ccccc12. The fourth-order valence-corrected chi connectivity index (χ4v) is 4.31. The summed E-state index contributed by atoms with van der Waals surface area (Å²) in [5.41, 5.74) is 6.07. The van der Waals surface area contributed by atoms with Gasteiger partial charge >= 0.3 is 5.69 Å². The number of carbonyl (C=O) groups is 1. The van der Waals surface area contributed by atoms with Crippen molar-refractivity contribution in [1.82, 2.24) is 15.4 Å². The van der Waals surface area contributed by atoms with E-state index in [2.05, 4.69) is 20.8 Å². The number of hydrogen-bond donors (Lipinski definition) is 2. The number of hydrogen-bond acceptors (Lipinski definition) is 7. The maximum Gasteiger partial charge on any atom is 0.355 e. The number of anilines is 3. The maximum absolute atomic E-state index is 13.0. The van der Waals surface area contributed by atoms with Gasteiger partial charge in [0, 0.05) is 17.5 Å². The molecule has 0 atom stereocenters. The van der Waals surface area contributed by atoms with E-state index in [1.54, 1.807) is 17.0 Å². The number of nitro groups is 1. The summed E-state index contributed by atoms with van der Waals surface area (Å²) in [6, 6.07) is 26.5. The van der Waals surface area contributed by atoms with Crippen LogP contribution in [0.15, 0.2) is 91.3 Å². The van der Waals surface area contributed by atoms with Crippen LogP contribution in [0.3, 0.4) is 0 Å². The molecular formula is C27H22N6O3. The number of amides is 1. The summed E-state index contributed by atoms with van der Waals surface area (Å²) in [4.78, 5) is 34.7. The Labute approximate surface area is 206 Å². The average molecular weight is 479 g/mol. The minimum absolute atomic E-state index is 0.114. The average Bonchev–Trinajstić information content (AvgIpc) is 2.92. The first kappa shape index (κ1) is 22.7. The van der Waals surface area contributed by atoms with Crippen LogP contribution in [-0.2, 0) is 0 Å². The molecule has 9 heteroatoms. The van der Waals surface area contributed by atoms with Crippen LogP contribution >= 0.6 is 0 Å². The summed E-state index contributed by atoms with van der Waals surface area (Å²) < 4.78 is 0. The zero-order valence-corrected chi connectivity index (χ0v) is 19.4. The van der Waals surface area contributed by atoms with Gasteiger partial charge in [-0.3, -0.25) is 25.8 Å². The number of nitrogens with zero attached hydrogens (tertiary/aromatic N) is 4. The summed E-state index contributed by atoms with van der Waals surface area (Å²) in [6.45, 7) is 2.32. The van der Waals surface area contributed by atoms with Crippen LogP contribution in [0.5, 0.6) is 0 Å². The Morgan fingerprint density at radius 2 is 1.53 bits per heavy atom. The Balaban J connectivity index is 1.50. The second-order valence-electron chi connectivity index (χ2n) is 8.00. The molecule has 0 aliphatic heterocycles. The van der Waals surface area contributed by atoms with Crippen molar-refractivity contribution in [2.45, 2.75) is 6.92 Å². The highest BCUT2D eigenvalue weighted by Crippen LogP contribution is 2.38. The lowest BCUT2D eigenvalue weighted by atomic mass is 10.0. The highest BCUT2D eigenvalue weighted by atomic mass is 16.6. The van der Waals surface area contributed by atoms with Gasteiger partial charge in [0.2, 0.25) is 11.6 Å². The van der Waals surface area contributed by atoms with Crippen LogP contribution < -0.4 is 15.8 Å². The van der Waals surface area contributed by atoms with Crippen molar-refractivity contribution in [3.63, 3.8) is 0 Å². The summed E-state index contributed by atoms with van der Waals surface area (Å²) in [5.74, 6) is -0.435. The van der Waals surface area contributed by atoms with Crippen LogP contribution in [-0.4, -0.2) is 27.3 Å². The van der Waals surface area contributed by atoms with Crippen molar-refractivity contribution in [1.29, 1.82) is 0 Å². The minimum Gasteiger partial charge on any atom is -0.320 e. The van der Waals surface area contributed by atoms with Crippen molar-refractivity contribution in [2.75, 3.05) is 16.9 Å². The Bertz CT molecular complexity index is 1590. The van der Waals surface area contributed by atoms with Gasteiger partial charge in [-0.1, -0.05) is 72.8 Å². The van der Waals surface area contributed by atoms with Gasteiger partial charge < -0.3 is 4.90 Å². The molecule has 36 heavy (non-hydrogen) atoms. The quantitative estimate of drug-likeness (QED) is 0.231. The summed E-state index contributed by atoms with van der Waals surface area (Å²) in [6.07, 6.45) is 1.24. The number of hydrazine groups is 1. The molecule has 0 fully saturated rings. The second-order valence-corrected chi connectivity index (χ2v) is 8.00. The lowest BCUT2D eigenvalue weighted by Gasteiger charge is -2.24. The van der Waals surface area contributed by atoms with Crippen molar-refractivity contribution in [3.8, 4) is 0 Å². The molecule has 9 nitrogen and oxygen atoms in total. The molecule has 5 aromatic rings. The van der Waals surface area contributed by atoms with Gasteiger partial charge in [-0.25, -0.2) is 9.97 Å². The van der Waals surface area contributed by atoms with E-state index in [1.807, 2.05) is 79.7 Å². The summed E-state index contributed by atoms with van der Waals surface area (Å²) in [7, 11) is 0. The highest BCUT2D eigenvalue weighted by molar-refractivity contribution is 6.07. The first-order chi connectivity index (χ1) is 17.6.